The van der Waals surface area contributed by atoms with Gasteiger partial charge in [-0.05, 0) is 71.0 Å². The van der Waals surface area contributed by atoms with Crippen molar-refractivity contribution in [2.45, 2.75) is 30.7 Å². The molecule has 1 heterocycles. The highest BCUT2D eigenvalue weighted by atomic mass is 127. The third-order valence-electron chi connectivity index (χ3n) is 4.88. The maximum absolute atomic E-state index is 12.9. The summed E-state index contributed by atoms with van der Waals surface area (Å²) in [6, 6.07) is 12.1. The van der Waals surface area contributed by atoms with Crippen LogP contribution in [0.3, 0.4) is 0 Å². The first kappa shape index (κ1) is 22.4. The summed E-state index contributed by atoms with van der Waals surface area (Å²) in [5.41, 5.74) is 1.26. The number of carbonyl (C=O) groups excluding carboxylic acids is 3. The standard InChI is InChI=1S/C20H20IN3O5S/c1-13(25)23(11-10-14-2-8-17(9-3-14)30(22,28)29)18-12-19(26)24(20(18)27)16-6-4-15(21)5-7-16/h2-9,18H,10-12H2,1H3,(H2,22,28,29). The van der Waals surface area contributed by atoms with Gasteiger partial charge in [0.25, 0.3) is 5.91 Å². The van der Waals surface area contributed by atoms with Gasteiger partial charge >= 0.3 is 0 Å². The molecule has 158 valence electrons. The van der Waals surface area contributed by atoms with Crippen LogP contribution in [-0.4, -0.2) is 43.6 Å². The summed E-state index contributed by atoms with van der Waals surface area (Å²) in [7, 11) is -3.78. The van der Waals surface area contributed by atoms with Crippen molar-refractivity contribution in [1.82, 2.24) is 4.90 Å². The number of nitrogens with two attached hydrogens (primary N) is 1. The third kappa shape index (κ3) is 4.87. The molecule has 1 fully saturated rings. The van der Waals surface area contributed by atoms with Crippen molar-refractivity contribution in [2.75, 3.05) is 11.4 Å². The second-order valence-electron chi connectivity index (χ2n) is 6.92. The molecule has 3 amide bonds. The summed E-state index contributed by atoms with van der Waals surface area (Å²) in [4.78, 5) is 40.2. The van der Waals surface area contributed by atoms with Crippen molar-refractivity contribution in [3.8, 4) is 0 Å². The Kier molecular flexibility index (Phi) is 6.58. The molecule has 0 aliphatic carbocycles. The first-order valence-electron chi connectivity index (χ1n) is 9.09. The van der Waals surface area contributed by atoms with E-state index >= 15 is 0 Å². The fourth-order valence-corrected chi connectivity index (χ4v) is 4.22. The maximum Gasteiger partial charge on any atom is 0.257 e. The second kappa shape index (κ2) is 8.82. The van der Waals surface area contributed by atoms with E-state index in [0.717, 1.165) is 14.0 Å². The summed E-state index contributed by atoms with van der Waals surface area (Å²) in [5.74, 6) is -1.09. The second-order valence-corrected chi connectivity index (χ2v) is 9.72. The van der Waals surface area contributed by atoms with E-state index in [1.54, 1.807) is 36.4 Å². The lowest BCUT2D eigenvalue weighted by atomic mass is 10.1. The fraction of sp³-hybridized carbons (Fsp3) is 0.250. The van der Waals surface area contributed by atoms with E-state index in [9.17, 15) is 22.8 Å². The molecule has 0 spiro atoms. The number of sulfonamides is 1. The molecule has 3 rings (SSSR count). The van der Waals surface area contributed by atoms with Crippen LogP contribution in [0.1, 0.15) is 18.9 Å². The zero-order valence-electron chi connectivity index (χ0n) is 16.1. The van der Waals surface area contributed by atoms with Gasteiger partial charge in [-0.25, -0.2) is 18.5 Å². The molecule has 0 aromatic heterocycles. The molecule has 2 aromatic carbocycles. The number of carbonyl (C=O) groups is 3. The lowest BCUT2D eigenvalue weighted by molar-refractivity contribution is -0.136. The summed E-state index contributed by atoms with van der Waals surface area (Å²) in [5, 5.41) is 5.09. The molecular weight excluding hydrogens is 521 g/mol. The Morgan fingerprint density at radius 2 is 1.73 bits per heavy atom. The molecule has 0 saturated carbocycles. The highest BCUT2D eigenvalue weighted by Crippen LogP contribution is 2.26. The Morgan fingerprint density at radius 3 is 2.27 bits per heavy atom. The van der Waals surface area contributed by atoms with E-state index in [0.29, 0.717) is 12.1 Å². The number of halogens is 1. The van der Waals surface area contributed by atoms with Crippen LogP contribution in [0.15, 0.2) is 53.4 Å². The van der Waals surface area contributed by atoms with Crippen LogP contribution in [0, 0.1) is 3.57 Å². The molecular formula is C20H20IN3O5S. The van der Waals surface area contributed by atoms with Crippen molar-refractivity contribution in [1.29, 1.82) is 0 Å². The topological polar surface area (TPSA) is 118 Å². The van der Waals surface area contributed by atoms with Crippen LogP contribution >= 0.6 is 22.6 Å². The van der Waals surface area contributed by atoms with Gasteiger partial charge in [-0.2, -0.15) is 0 Å². The van der Waals surface area contributed by atoms with Gasteiger partial charge in [0.15, 0.2) is 0 Å². The van der Waals surface area contributed by atoms with Gasteiger partial charge in [0, 0.05) is 17.0 Å². The van der Waals surface area contributed by atoms with E-state index < -0.39 is 22.0 Å². The van der Waals surface area contributed by atoms with Crippen molar-refractivity contribution in [3.05, 3.63) is 57.7 Å². The highest BCUT2D eigenvalue weighted by molar-refractivity contribution is 14.1. The monoisotopic (exact) mass is 541 g/mol. The zero-order chi connectivity index (χ0) is 22.1. The Bertz CT molecular complexity index is 1080. The molecule has 1 unspecified atom stereocenters. The molecule has 1 atom stereocenters. The average molecular weight is 541 g/mol. The predicted octanol–water partition coefficient (Wildman–Crippen LogP) is 1.66. The molecule has 2 aromatic rings. The van der Waals surface area contributed by atoms with Crippen LogP contribution < -0.4 is 10.0 Å². The van der Waals surface area contributed by atoms with Gasteiger partial charge in [0.2, 0.25) is 21.8 Å². The average Bonchev–Trinajstić information content (AvgIpc) is 2.96. The summed E-state index contributed by atoms with van der Waals surface area (Å²) in [6.45, 7) is 1.57. The number of hydrogen-bond acceptors (Lipinski definition) is 5. The van der Waals surface area contributed by atoms with Gasteiger partial charge in [0.1, 0.15) is 6.04 Å². The van der Waals surface area contributed by atoms with Crippen LogP contribution in [0.25, 0.3) is 0 Å². The number of nitrogens with zero attached hydrogens (tertiary/aromatic N) is 2. The number of benzene rings is 2. The molecule has 1 saturated heterocycles. The Hall–Kier alpha value is -2.31. The van der Waals surface area contributed by atoms with Gasteiger partial charge < -0.3 is 4.90 Å². The minimum absolute atomic E-state index is 0.000551. The molecule has 2 N–H and O–H groups in total. The van der Waals surface area contributed by atoms with Crippen molar-refractivity contribution in [2.24, 2.45) is 5.14 Å². The van der Waals surface area contributed by atoms with Gasteiger partial charge in [-0.15, -0.1) is 0 Å². The lowest BCUT2D eigenvalue weighted by Crippen LogP contribution is -2.45. The number of anilines is 1. The largest absolute Gasteiger partial charge is 0.330 e. The number of imide groups is 1. The Morgan fingerprint density at radius 1 is 1.13 bits per heavy atom. The van der Waals surface area contributed by atoms with E-state index in [-0.39, 0.29) is 29.7 Å². The Labute approximate surface area is 188 Å². The fourth-order valence-electron chi connectivity index (χ4n) is 3.35. The molecule has 1 aliphatic rings. The van der Waals surface area contributed by atoms with Crippen molar-refractivity contribution in [3.63, 3.8) is 0 Å². The van der Waals surface area contributed by atoms with E-state index in [2.05, 4.69) is 22.6 Å². The van der Waals surface area contributed by atoms with Crippen LogP contribution in [0.2, 0.25) is 0 Å². The van der Waals surface area contributed by atoms with E-state index in [4.69, 9.17) is 5.14 Å². The quantitative estimate of drug-likeness (QED) is 0.441. The van der Waals surface area contributed by atoms with Crippen LogP contribution in [0.5, 0.6) is 0 Å². The van der Waals surface area contributed by atoms with E-state index in [1.807, 2.05) is 0 Å². The minimum Gasteiger partial charge on any atom is -0.330 e. The number of primary sulfonamides is 1. The van der Waals surface area contributed by atoms with Gasteiger partial charge in [0.05, 0.1) is 17.0 Å². The summed E-state index contributed by atoms with van der Waals surface area (Å²) < 4.78 is 23.7. The SMILES string of the molecule is CC(=O)N(CCc1ccc(S(N)(=O)=O)cc1)C1CC(=O)N(c2ccc(I)cc2)C1=O. The predicted molar refractivity (Wildman–Crippen MR) is 119 cm³/mol. The zero-order valence-corrected chi connectivity index (χ0v) is 19.1. The molecule has 30 heavy (non-hydrogen) atoms. The third-order valence-corrected chi connectivity index (χ3v) is 6.53. The molecule has 1 aliphatic heterocycles. The summed E-state index contributed by atoms with van der Waals surface area (Å²) in [6.07, 6.45) is 0.320. The Balaban J connectivity index is 1.75. The first-order chi connectivity index (χ1) is 14.1. The minimum atomic E-state index is -3.78. The number of hydrogen-bond donors (Lipinski definition) is 1. The van der Waals surface area contributed by atoms with Crippen molar-refractivity contribution >= 4 is 56.0 Å². The van der Waals surface area contributed by atoms with Gasteiger partial charge in [-0.3, -0.25) is 14.4 Å². The lowest BCUT2D eigenvalue weighted by Gasteiger charge is -2.26. The van der Waals surface area contributed by atoms with Gasteiger partial charge in [-0.1, -0.05) is 12.1 Å². The molecule has 10 heteroatoms. The first-order valence-corrected chi connectivity index (χ1v) is 11.7. The van der Waals surface area contributed by atoms with Crippen molar-refractivity contribution < 1.29 is 22.8 Å². The molecule has 0 radical (unpaired) electrons. The summed E-state index contributed by atoms with van der Waals surface area (Å²) >= 11 is 2.13. The number of amides is 3. The smallest absolute Gasteiger partial charge is 0.257 e. The maximum atomic E-state index is 12.9. The van der Waals surface area contributed by atoms with E-state index in [1.165, 1.54) is 24.0 Å². The highest BCUT2D eigenvalue weighted by Gasteiger charge is 2.43. The normalized spacial score (nSPS) is 16.8. The molecule has 8 nitrogen and oxygen atoms in total. The van der Waals surface area contributed by atoms with Crippen LogP contribution in [0.4, 0.5) is 5.69 Å². The molecule has 0 bridgehead atoms. The number of rotatable bonds is 6. The van der Waals surface area contributed by atoms with Crippen LogP contribution in [-0.2, 0) is 30.8 Å².